The quantitative estimate of drug-likeness (QED) is 0.836. The summed E-state index contributed by atoms with van der Waals surface area (Å²) in [6, 6.07) is 10.1. The summed E-state index contributed by atoms with van der Waals surface area (Å²) in [5, 5.41) is 2.96. The van der Waals surface area contributed by atoms with E-state index in [4.69, 9.17) is 0 Å². The molecule has 1 aromatic carbocycles. The van der Waals surface area contributed by atoms with E-state index in [0.717, 1.165) is 12.8 Å². The molecule has 2 rings (SSSR count). The van der Waals surface area contributed by atoms with Crippen LogP contribution in [0.3, 0.4) is 0 Å². The van der Waals surface area contributed by atoms with E-state index < -0.39 is 0 Å². The Morgan fingerprint density at radius 2 is 2.07 bits per heavy atom. The first-order valence-electron chi connectivity index (χ1n) is 5.24. The largest absolute Gasteiger partial charge is 0.354 e. The molecule has 0 aromatic heterocycles. The zero-order valence-electron chi connectivity index (χ0n) is 8.45. The first-order valence-corrected chi connectivity index (χ1v) is 6.15. The Labute approximate surface area is 98.2 Å². The van der Waals surface area contributed by atoms with Gasteiger partial charge in [0.1, 0.15) is 0 Å². The van der Waals surface area contributed by atoms with Gasteiger partial charge in [-0.3, -0.25) is 4.79 Å². The van der Waals surface area contributed by atoms with Gasteiger partial charge in [0.05, 0.1) is 4.83 Å². The molecule has 15 heavy (non-hydrogen) atoms. The lowest BCUT2D eigenvalue weighted by Gasteiger charge is -2.11. The van der Waals surface area contributed by atoms with E-state index in [2.05, 4.69) is 33.4 Å². The fourth-order valence-corrected chi connectivity index (χ4v) is 1.93. The van der Waals surface area contributed by atoms with Crippen LogP contribution in [0.25, 0.3) is 0 Å². The molecular weight excluding hydrogens is 254 g/mol. The average Bonchev–Trinajstić information content (AvgIpc) is 3.10. The van der Waals surface area contributed by atoms with Crippen LogP contribution < -0.4 is 5.32 Å². The minimum absolute atomic E-state index is 0.204. The molecule has 0 spiro atoms. The first-order chi connectivity index (χ1) is 7.27. The minimum atomic E-state index is 0.204. The molecule has 0 aliphatic heterocycles. The van der Waals surface area contributed by atoms with Crippen LogP contribution in [0.1, 0.15) is 23.2 Å². The third-order valence-corrected chi connectivity index (χ3v) is 3.42. The maximum atomic E-state index is 11.4. The highest BCUT2D eigenvalue weighted by Gasteiger charge is 2.29. The molecule has 0 bridgehead atoms. The number of carbonyl (C=O) groups excluding carboxylic acids is 1. The molecule has 3 heteroatoms. The van der Waals surface area contributed by atoms with Gasteiger partial charge in [0.15, 0.2) is 0 Å². The van der Waals surface area contributed by atoms with Crippen molar-refractivity contribution in [3.63, 3.8) is 0 Å². The zero-order chi connectivity index (χ0) is 10.7. The second kappa shape index (κ2) is 4.79. The van der Waals surface area contributed by atoms with Crippen molar-refractivity contribution in [1.29, 1.82) is 0 Å². The normalized spacial score (nSPS) is 17.1. The van der Waals surface area contributed by atoms with Gasteiger partial charge in [-0.05, 0) is 18.4 Å². The highest BCUT2D eigenvalue weighted by atomic mass is 79.9. The highest BCUT2D eigenvalue weighted by molar-refractivity contribution is 9.09. The lowest BCUT2D eigenvalue weighted by atomic mass is 10.1. The predicted octanol–water partition coefficient (Wildman–Crippen LogP) is 2.65. The standard InChI is InChI=1S/C12H14BrNO/c13-11(9-4-2-1-3-5-9)8-14-12(15)10-6-7-10/h1-5,10-11H,6-8H2,(H,14,15). The molecule has 0 radical (unpaired) electrons. The van der Waals surface area contributed by atoms with E-state index in [9.17, 15) is 4.79 Å². The third-order valence-electron chi connectivity index (χ3n) is 2.56. The van der Waals surface area contributed by atoms with E-state index >= 15 is 0 Å². The lowest BCUT2D eigenvalue weighted by Crippen LogP contribution is -2.27. The summed E-state index contributed by atoms with van der Waals surface area (Å²) in [6.45, 7) is 0.666. The Morgan fingerprint density at radius 3 is 2.67 bits per heavy atom. The van der Waals surface area contributed by atoms with Crippen molar-refractivity contribution < 1.29 is 4.79 Å². The van der Waals surface area contributed by atoms with Crippen LogP contribution in [0, 0.1) is 5.92 Å². The van der Waals surface area contributed by atoms with Crippen LogP contribution in [0.2, 0.25) is 0 Å². The molecule has 0 heterocycles. The number of halogens is 1. The Hall–Kier alpha value is -0.830. The van der Waals surface area contributed by atoms with E-state index in [1.165, 1.54) is 5.56 Å². The molecule has 1 atom stereocenters. The van der Waals surface area contributed by atoms with Crippen LogP contribution in [0.15, 0.2) is 30.3 Å². The topological polar surface area (TPSA) is 29.1 Å². The van der Waals surface area contributed by atoms with E-state index in [1.807, 2.05) is 18.2 Å². The third kappa shape index (κ3) is 3.06. The molecule has 1 fully saturated rings. The van der Waals surface area contributed by atoms with Gasteiger partial charge in [0.2, 0.25) is 5.91 Å². The number of nitrogens with one attached hydrogen (secondary N) is 1. The van der Waals surface area contributed by atoms with Crippen molar-refractivity contribution in [3.05, 3.63) is 35.9 Å². The van der Waals surface area contributed by atoms with Crippen molar-refractivity contribution in [2.75, 3.05) is 6.54 Å². The zero-order valence-corrected chi connectivity index (χ0v) is 10.0. The van der Waals surface area contributed by atoms with Crippen LogP contribution in [-0.4, -0.2) is 12.5 Å². The molecule has 1 aliphatic rings. The lowest BCUT2D eigenvalue weighted by molar-refractivity contribution is -0.122. The van der Waals surface area contributed by atoms with Crippen LogP contribution >= 0.6 is 15.9 Å². The average molecular weight is 268 g/mol. The molecule has 80 valence electrons. The molecule has 1 unspecified atom stereocenters. The number of hydrogen-bond acceptors (Lipinski definition) is 1. The van der Waals surface area contributed by atoms with Gasteiger partial charge in [-0.1, -0.05) is 46.3 Å². The minimum Gasteiger partial charge on any atom is -0.354 e. The summed E-state index contributed by atoms with van der Waals surface area (Å²) >= 11 is 3.57. The van der Waals surface area contributed by atoms with Gasteiger partial charge in [-0.15, -0.1) is 0 Å². The van der Waals surface area contributed by atoms with Gasteiger partial charge >= 0.3 is 0 Å². The first kappa shape index (κ1) is 10.7. The molecule has 1 amide bonds. The predicted molar refractivity (Wildman–Crippen MR) is 63.8 cm³/mol. The number of alkyl halides is 1. The summed E-state index contributed by atoms with van der Waals surface area (Å²) < 4.78 is 0. The van der Waals surface area contributed by atoms with Gasteiger partial charge < -0.3 is 5.32 Å². The van der Waals surface area contributed by atoms with E-state index in [1.54, 1.807) is 0 Å². The maximum Gasteiger partial charge on any atom is 0.223 e. The summed E-state index contributed by atoms with van der Waals surface area (Å²) in [5.41, 5.74) is 1.20. The van der Waals surface area contributed by atoms with Crippen LogP contribution in [0.5, 0.6) is 0 Å². The number of rotatable bonds is 4. The Morgan fingerprint density at radius 1 is 1.40 bits per heavy atom. The summed E-state index contributed by atoms with van der Waals surface area (Å²) in [4.78, 5) is 11.6. The fraction of sp³-hybridized carbons (Fsp3) is 0.417. The van der Waals surface area contributed by atoms with Crippen LogP contribution in [0.4, 0.5) is 0 Å². The van der Waals surface area contributed by atoms with Crippen molar-refractivity contribution in [1.82, 2.24) is 5.32 Å². The van der Waals surface area contributed by atoms with Gasteiger partial charge in [-0.25, -0.2) is 0 Å². The smallest absolute Gasteiger partial charge is 0.223 e. The Bertz CT molecular complexity index is 335. The summed E-state index contributed by atoms with van der Waals surface area (Å²) in [6.07, 6.45) is 2.12. The summed E-state index contributed by atoms with van der Waals surface area (Å²) in [5.74, 6) is 0.496. The van der Waals surface area contributed by atoms with Crippen molar-refractivity contribution in [2.24, 2.45) is 5.92 Å². The number of hydrogen-bond donors (Lipinski definition) is 1. The summed E-state index contributed by atoms with van der Waals surface area (Å²) in [7, 11) is 0. The second-order valence-electron chi connectivity index (χ2n) is 3.90. The molecule has 1 N–H and O–H groups in total. The fourth-order valence-electron chi connectivity index (χ4n) is 1.46. The Kier molecular flexibility index (Phi) is 3.41. The van der Waals surface area contributed by atoms with Crippen molar-refractivity contribution in [2.45, 2.75) is 17.7 Å². The SMILES string of the molecule is O=C(NCC(Br)c1ccccc1)C1CC1. The molecular formula is C12H14BrNO. The monoisotopic (exact) mass is 267 g/mol. The van der Waals surface area contributed by atoms with Crippen molar-refractivity contribution in [3.8, 4) is 0 Å². The molecule has 1 saturated carbocycles. The van der Waals surface area contributed by atoms with E-state index in [0.29, 0.717) is 12.5 Å². The second-order valence-corrected chi connectivity index (χ2v) is 5.00. The highest BCUT2D eigenvalue weighted by Crippen LogP contribution is 2.29. The number of carbonyl (C=O) groups is 1. The molecule has 1 aliphatic carbocycles. The Balaban J connectivity index is 1.81. The van der Waals surface area contributed by atoms with Crippen molar-refractivity contribution >= 4 is 21.8 Å². The number of amides is 1. The maximum absolute atomic E-state index is 11.4. The molecule has 2 nitrogen and oxygen atoms in total. The van der Waals surface area contributed by atoms with Crippen LogP contribution in [-0.2, 0) is 4.79 Å². The number of benzene rings is 1. The molecule has 0 saturated heterocycles. The van der Waals surface area contributed by atoms with Gasteiger partial charge in [-0.2, -0.15) is 0 Å². The molecule has 1 aromatic rings. The van der Waals surface area contributed by atoms with Gasteiger partial charge in [0.25, 0.3) is 0 Å². The van der Waals surface area contributed by atoms with E-state index in [-0.39, 0.29) is 10.7 Å². The van der Waals surface area contributed by atoms with Gasteiger partial charge in [0, 0.05) is 12.5 Å².